The highest BCUT2D eigenvalue weighted by Crippen LogP contribution is 2.61. The number of rotatable bonds is 5. The van der Waals surface area contributed by atoms with Gasteiger partial charge in [0.25, 0.3) is 0 Å². The summed E-state index contributed by atoms with van der Waals surface area (Å²) in [6.45, 7) is 6.76. The molecule has 0 unspecified atom stereocenters. The van der Waals surface area contributed by atoms with Gasteiger partial charge >= 0.3 is 0 Å². The molecule has 128 valence electrons. The number of hydrogen-bond donors (Lipinski definition) is 1. The summed E-state index contributed by atoms with van der Waals surface area (Å²) in [4.78, 5) is 4.58. The number of aromatic nitrogens is 1. The first-order valence-corrected chi connectivity index (χ1v) is 9.33. The van der Waals surface area contributed by atoms with Crippen LogP contribution in [0.1, 0.15) is 38.8 Å². The van der Waals surface area contributed by atoms with E-state index in [4.69, 9.17) is 16.0 Å². The Kier molecular flexibility index (Phi) is 4.17. The molecule has 0 amide bonds. The molecule has 0 radical (unpaired) electrons. The van der Waals surface area contributed by atoms with Crippen LogP contribution in [0.15, 0.2) is 34.9 Å². The van der Waals surface area contributed by atoms with Gasteiger partial charge in [0.05, 0.1) is 5.69 Å². The minimum absolute atomic E-state index is 0.556. The Labute approximate surface area is 148 Å². The maximum atomic E-state index is 5.92. The van der Waals surface area contributed by atoms with Crippen LogP contribution in [0.3, 0.4) is 0 Å². The predicted molar refractivity (Wildman–Crippen MR) is 96.8 cm³/mol. The fourth-order valence-electron chi connectivity index (χ4n) is 4.71. The van der Waals surface area contributed by atoms with Crippen LogP contribution in [0.25, 0.3) is 11.5 Å². The normalized spacial score (nSPS) is 27.7. The highest BCUT2D eigenvalue weighted by atomic mass is 35.5. The second kappa shape index (κ2) is 6.20. The summed E-state index contributed by atoms with van der Waals surface area (Å²) in [6.07, 6.45) is 5.96. The molecule has 1 aromatic heterocycles. The van der Waals surface area contributed by atoms with Crippen molar-refractivity contribution in [3.63, 3.8) is 0 Å². The lowest BCUT2D eigenvalue weighted by molar-refractivity contribution is -0.103. The van der Waals surface area contributed by atoms with E-state index >= 15 is 0 Å². The van der Waals surface area contributed by atoms with Crippen molar-refractivity contribution in [2.45, 2.75) is 39.7 Å². The molecule has 5 rings (SSSR count). The van der Waals surface area contributed by atoms with Crippen molar-refractivity contribution in [3.05, 3.63) is 41.2 Å². The monoisotopic (exact) mass is 344 g/mol. The molecule has 3 nitrogen and oxygen atoms in total. The van der Waals surface area contributed by atoms with E-state index in [-0.39, 0.29) is 0 Å². The highest BCUT2D eigenvalue weighted by Gasteiger charge is 2.53. The van der Waals surface area contributed by atoms with Gasteiger partial charge in [0, 0.05) is 17.1 Å². The van der Waals surface area contributed by atoms with Gasteiger partial charge in [0.15, 0.2) is 0 Å². The predicted octanol–water partition coefficient (Wildman–Crippen LogP) is 5.16. The third-order valence-electron chi connectivity index (χ3n) is 6.36. The zero-order valence-electron chi connectivity index (χ0n) is 14.4. The smallest absolute Gasteiger partial charge is 0.226 e. The van der Waals surface area contributed by atoms with Crippen LogP contribution in [0.2, 0.25) is 5.02 Å². The standard InChI is InChI=1S/C20H25ClN2O/c1-20(2)15-6-3-14(18(20)9-15)10-22-11-17-12-24-19(23-17)13-4-7-16(21)8-5-13/h4-5,7-8,12,14-15,18,22H,3,6,9-11H2,1-2H3/t14-,15-,18-/m0/s1. The molecule has 3 aliphatic carbocycles. The molecule has 24 heavy (non-hydrogen) atoms. The van der Waals surface area contributed by atoms with Crippen molar-refractivity contribution in [2.24, 2.45) is 23.2 Å². The summed E-state index contributed by atoms with van der Waals surface area (Å²) in [6, 6.07) is 7.58. The molecule has 4 heteroatoms. The Hall–Kier alpha value is -1.32. The maximum Gasteiger partial charge on any atom is 0.226 e. The summed E-state index contributed by atoms with van der Waals surface area (Å²) in [5.74, 6) is 3.33. The van der Waals surface area contributed by atoms with Crippen molar-refractivity contribution in [1.82, 2.24) is 10.3 Å². The summed E-state index contributed by atoms with van der Waals surface area (Å²) in [7, 11) is 0. The fourth-order valence-corrected chi connectivity index (χ4v) is 4.83. The number of halogens is 1. The Morgan fingerprint density at radius 2 is 2.04 bits per heavy atom. The average Bonchev–Trinajstić information content (AvgIpc) is 3.04. The SMILES string of the molecule is CC1(C)[C@H]2CC[C@@H](CNCc3coc(-c4ccc(Cl)cc4)n3)[C@@H]1C2. The lowest BCUT2D eigenvalue weighted by atomic mass is 9.45. The van der Waals surface area contributed by atoms with E-state index < -0.39 is 0 Å². The number of nitrogens with zero attached hydrogens (tertiary/aromatic N) is 1. The molecule has 2 bridgehead atoms. The molecular formula is C20H25ClN2O. The van der Waals surface area contributed by atoms with Gasteiger partial charge in [-0.15, -0.1) is 0 Å². The van der Waals surface area contributed by atoms with Crippen LogP contribution in [-0.4, -0.2) is 11.5 Å². The molecule has 0 saturated heterocycles. The Morgan fingerprint density at radius 1 is 1.25 bits per heavy atom. The molecule has 3 saturated carbocycles. The van der Waals surface area contributed by atoms with Crippen molar-refractivity contribution >= 4 is 11.6 Å². The molecule has 1 N–H and O–H groups in total. The Bertz CT molecular complexity index is 705. The third-order valence-corrected chi connectivity index (χ3v) is 6.61. The van der Waals surface area contributed by atoms with Gasteiger partial charge in [0.1, 0.15) is 6.26 Å². The number of fused-ring (bicyclic) bond motifs is 2. The largest absolute Gasteiger partial charge is 0.444 e. The minimum atomic E-state index is 0.556. The van der Waals surface area contributed by atoms with E-state index in [9.17, 15) is 0 Å². The Balaban J connectivity index is 1.32. The van der Waals surface area contributed by atoms with Gasteiger partial charge in [-0.05, 0) is 73.2 Å². The van der Waals surface area contributed by atoms with E-state index in [0.29, 0.717) is 11.3 Å². The topological polar surface area (TPSA) is 38.1 Å². The molecular weight excluding hydrogens is 320 g/mol. The zero-order valence-corrected chi connectivity index (χ0v) is 15.1. The van der Waals surface area contributed by atoms with Crippen LogP contribution < -0.4 is 5.32 Å². The molecule has 3 aliphatic rings. The number of benzene rings is 1. The number of hydrogen-bond acceptors (Lipinski definition) is 3. The summed E-state index contributed by atoms with van der Waals surface area (Å²) in [5, 5.41) is 4.32. The Morgan fingerprint density at radius 3 is 2.75 bits per heavy atom. The van der Waals surface area contributed by atoms with E-state index in [1.807, 2.05) is 24.3 Å². The first-order valence-electron chi connectivity index (χ1n) is 8.95. The molecule has 1 aromatic carbocycles. The van der Waals surface area contributed by atoms with Crippen molar-refractivity contribution in [2.75, 3.05) is 6.54 Å². The quantitative estimate of drug-likeness (QED) is 0.814. The van der Waals surface area contributed by atoms with Crippen LogP contribution in [0, 0.1) is 23.2 Å². The average molecular weight is 345 g/mol. The summed E-state index contributed by atoms with van der Waals surface area (Å²) < 4.78 is 5.60. The molecule has 0 spiro atoms. The maximum absolute atomic E-state index is 5.92. The second-order valence-corrected chi connectivity index (χ2v) is 8.42. The van der Waals surface area contributed by atoms with Gasteiger partial charge < -0.3 is 9.73 Å². The minimum Gasteiger partial charge on any atom is -0.444 e. The van der Waals surface area contributed by atoms with Gasteiger partial charge in [-0.25, -0.2) is 4.98 Å². The van der Waals surface area contributed by atoms with E-state index in [0.717, 1.165) is 47.1 Å². The second-order valence-electron chi connectivity index (χ2n) is 7.98. The van der Waals surface area contributed by atoms with E-state index in [1.165, 1.54) is 19.3 Å². The number of oxazole rings is 1. The van der Waals surface area contributed by atoms with Gasteiger partial charge in [-0.3, -0.25) is 0 Å². The third kappa shape index (κ3) is 2.89. The summed E-state index contributed by atoms with van der Waals surface area (Å²) in [5.41, 5.74) is 2.47. The van der Waals surface area contributed by atoms with Gasteiger partial charge in [-0.1, -0.05) is 25.4 Å². The van der Waals surface area contributed by atoms with E-state index in [1.54, 1.807) is 6.26 Å². The van der Waals surface area contributed by atoms with Crippen LogP contribution in [-0.2, 0) is 6.54 Å². The molecule has 3 fully saturated rings. The van der Waals surface area contributed by atoms with Crippen molar-refractivity contribution in [1.29, 1.82) is 0 Å². The number of nitrogens with one attached hydrogen (secondary N) is 1. The fraction of sp³-hybridized carbons (Fsp3) is 0.550. The first kappa shape index (κ1) is 16.2. The lowest BCUT2D eigenvalue weighted by Gasteiger charge is -2.60. The van der Waals surface area contributed by atoms with Crippen LogP contribution in [0.5, 0.6) is 0 Å². The van der Waals surface area contributed by atoms with Crippen molar-refractivity contribution < 1.29 is 4.42 Å². The highest BCUT2D eigenvalue weighted by molar-refractivity contribution is 6.30. The van der Waals surface area contributed by atoms with E-state index in [2.05, 4.69) is 24.1 Å². The molecule has 3 atom stereocenters. The van der Waals surface area contributed by atoms with Crippen LogP contribution >= 0.6 is 11.6 Å². The first-order chi connectivity index (χ1) is 11.5. The summed E-state index contributed by atoms with van der Waals surface area (Å²) >= 11 is 5.92. The van der Waals surface area contributed by atoms with Crippen LogP contribution in [0.4, 0.5) is 0 Å². The molecule has 0 aliphatic heterocycles. The lowest BCUT2D eigenvalue weighted by Crippen LogP contribution is -2.54. The van der Waals surface area contributed by atoms with Gasteiger partial charge in [-0.2, -0.15) is 0 Å². The van der Waals surface area contributed by atoms with Crippen molar-refractivity contribution in [3.8, 4) is 11.5 Å². The van der Waals surface area contributed by atoms with Gasteiger partial charge in [0.2, 0.25) is 5.89 Å². The zero-order chi connectivity index (χ0) is 16.7. The molecule has 2 aromatic rings. The molecule has 1 heterocycles.